The number of likely N-dealkylation sites (tertiary alicyclic amines) is 1. The van der Waals surface area contributed by atoms with E-state index in [9.17, 15) is 4.79 Å². The van der Waals surface area contributed by atoms with Gasteiger partial charge in [0.1, 0.15) is 0 Å². The van der Waals surface area contributed by atoms with Crippen molar-refractivity contribution < 1.29 is 19.0 Å². The van der Waals surface area contributed by atoms with E-state index >= 15 is 0 Å². The van der Waals surface area contributed by atoms with Crippen LogP contribution in [0.5, 0.6) is 0 Å². The Kier molecular flexibility index (Phi) is 4.97. The van der Waals surface area contributed by atoms with Gasteiger partial charge in [0.25, 0.3) is 0 Å². The summed E-state index contributed by atoms with van der Waals surface area (Å²) in [4.78, 5) is 14.2. The smallest absolute Gasteiger partial charge is 0.225 e. The molecule has 0 radical (unpaired) electrons. The van der Waals surface area contributed by atoms with E-state index < -0.39 is 0 Å². The number of carbonyl (C=O) groups is 1. The summed E-state index contributed by atoms with van der Waals surface area (Å²) in [5, 5.41) is 0. The van der Waals surface area contributed by atoms with Crippen LogP contribution in [0.1, 0.15) is 32.6 Å². The molecular weight excluding hydrogens is 234 g/mol. The molecule has 2 atom stereocenters. The number of rotatable bonds is 4. The van der Waals surface area contributed by atoms with Gasteiger partial charge >= 0.3 is 0 Å². The van der Waals surface area contributed by atoms with Crippen LogP contribution >= 0.6 is 0 Å². The number of carbonyl (C=O) groups excluding carboxylic acids is 1. The highest BCUT2D eigenvalue weighted by molar-refractivity contribution is 5.77. The Bertz CT molecular complexity index is 278. The first kappa shape index (κ1) is 13.8. The van der Waals surface area contributed by atoms with Crippen LogP contribution in [-0.4, -0.2) is 56.1 Å². The van der Waals surface area contributed by atoms with E-state index in [2.05, 4.69) is 0 Å². The molecule has 0 spiro atoms. The Labute approximate surface area is 108 Å². The van der Waals surface area contributed by atoms with Gasteiger partial charge in [0, 0.05) is 13.7 Å². The molecule has 5 nitrogen and oxygen atoms in total. The monoisotopic (exact) mass is 257 g/mol. The summed E-state index contributed by atoms with van der Waals surface area (Å²) in [6.45, 7) is 4.00. The highest BCUT2D eigenvalue weighted by Gasteiger charge is 2.36. The maximum Gasteiger partial charge on any atom is 0.225 e. The fraction of sp³-hybridized carbons (Fsp3) is 0.923. The zero-order valence-electron chi connectivity index (χ0n) is 11.3. The fourth-order valence-electron chi connectivity index (χ4n) is 2.60. The molecule has 0 N–H and O–H groups in total. The van der Waals surface area contributed by atoms with E-state index in [-0.39, 0.29) is 24.3 Å². The Balaban J connectivity index is 1.96. The van der Waals surface area contributed by atoms with E-state index in [4.69, 9.17) is 14.2 Å². The molecule has 0 bridgehead atoms. The average Bonchev–Trinajstić information content (AvgIpc) is 2.92. The minimum Gasteiger partial charge on any atom is -0.381 e. The molecule has 2 heterocycles. The molecule has 0 aromatic carbocycles. The van der Waals surface area contributed by atoms with Crippen molar-refractivity contribution in [2.45, 2.75) is 51.0 Å². The number of piperidine rings is 1. The highest BCUT2D eigenvalue weighted by Crippen LogP contribution is 2.25. The van der Waals surface area contributed by atoms with Crippen molar-refractivity contribution in [2.75, 3.05) is 26.9 Å². The maximum atomic E-state index is 12.3. The van der Waals surface area contributed by atoms with E-state index in [1.165, 1.54) is 0 Å². The van der Waals surface area contributed by atoms with E-state index in [0.717, 1.165) is 25.8 Å². The predicted molar refractivity (Wildman–Crippen MR) is 66.1 cm³/mol. The van der Waals surface area contributed by atoms with Crippen LogP contribution in [0.3, 0.4) is 0 Å². The van der Waals surface area contributed by atoms with Gasteiger partial charge in [-0.15, -0.1) is 0 Å². The molecule has 2 fully saturated rings. The third-order valence-corrected chi connectivity index (χ3v) is 3.70. The molecule has 104 valence electrons. The zero-order chi connectivity index (χ0) is 13.0. The number of hydrogen-bond acceptors (Lipinski definition) is 4. The van der Waals surface area contributed by atoms with Crippen LogP contribution in [0.4, 0.5) is 0 Å². The second-order valence-corrected chi connectivity index (χ2v) is 5.01. The van der Waals surface area contributed by atoms with Gasteiger partial charge in [-0.3, -0.25) is 4.79 Å². The van der Waals surface area contributed by atoms with Crippen LogP contribution in [0.15, 0.2) is 0 Å². The lowest BCUT2D eigenvalue weighted by molar-refractivity contribution is -0.152. The average molecular weight is 257 g/mol. The molecule has 0 aromatic heterocycles. The van der Waals surface area contributed by atoms with Crippen molar-refractivity contribution in [3.63, 3.8) is 0 Å². The van der Waals surface area contributed by atoms with Crippen molar-refractivity contribution in [1.82, 2.24) is 4.90 Å². The van der Waals surface area contributed by atoms with Crippen molar-refractivity contribution in [3.8, 4) is 0 Å². The fourth-order valence-corrected chi connectivity index (χ4v) is 2.60. The second kappa shape index (κ2) is 6.50. The predicted octanol–water partition coefficient (Wildman–Crippen LogP) is 1.17. The van der Waals surface area contributed by atoms with E-state index in [0.29, 0.717) is 19.6 Å². The van der Waals surface area contributed by atoms with Gasteiger partial charge < -0.3 is 19.1 Å². The van der Waals surface area contributed by atoms with Gasteiger partial charge in [-0.05, 0) is 26.2 Å². The summed E-state index contributed by atoms with van der Waals surface area (Å²) >= 11 is 0. The van der Waals surface area contributed by atoms with Crippen molar-refractivity contribution in [1.29, 1.82) is 0 Å². The number of methoxy groups -OCH3 is 1. The number of nitrogens with zero attached hydrogens (tertiary/aromatic N) is 1. The largest absolute Gasteiger partial charge is 0.381 e. The van der Waals surface area contributed by atoms with Gasteiger partial charge in [-0.2, -0.15) is 0 Å². The lowest BCUT2D eigenvalue weighted by atomic mass is 10.0. The maximum absolute atomic E-state index is 12.3. The highest BCUT2D eigenvalue weighted by atomic mass is 16.7. The normalized spacial score (nSPS) is 27.4. The lowest BCUT2D eigenvalue weighted by Crippen LogP contribution is -2.50. The topological polar surface area (TPSA) is 48.0 Å². The summed E-state index contributed by atoms with van der Waals surface area (Å²) in [5.74, 6) is 0.146. The zero-order valence-corrected chi connectivity index (χ0v) is 11.3. The molecule has 5 heteroatoms. The summed E-state index contributed by atoms with van der Waals surface area (Å²) in [5.41, 5.74) is 0. The molecule has 2 saturated heterocycles. The molecule has 0 saturated carbocycles. The Morgan fingerprint density at radius 1 is 1.39 bits per heavy atom. The van der Waals surface area contributed by atoms with Crippen molar-refractivity contribution in [3.05, 3.63) is 0 Å². The van der Waals surface area contributed by atoms with Gasteiger partial charge in [0.15, 0.2) is 6.29 Å². The molecule has 2 aliphatic rings. The van der Waals surface area contributed by atoms with Gasteiger partial charge in [0.05, 0.1) is 31.8 Å². The first-order valence-electron chi connectivity index (χ1n) is 6.78. The van der Waals surface area contributed by atoms with Gasteiger partial charge in [0.2, 0.25) is 5.91 Å². The van der Waals surface area contributed by atoms with Crippen LogP contribution < -0.4 is 0 Å². The molecule has 2 unspecified atom stereocenters. The summed E-state index contributed by atoms with van der Waals surface area (Å²) < 4.78 is 16.3. The summed E-state index contributed by atoms with van der Waals surface area (Å²) in [7, 11) is 1.63. The lowest BCUT2D eigenvalue weighted by Gasteiger charge is -2.38. The first-order valence-corrected chi connectivity index (χ1v) is 6.78. The minimum atomic E-state index is -0.230. The summed E-state index contributed by atoms with van der Waals surface area (Å²) in [6, 6.07) is 0.0813. The second-order valence-electron chi connectivity index (χ2n) is 5.01. The van der Waals surface area contributed by atoms with E-state index in [1.807, 2.05) is 11.8 Å². The van der Waals surface area contributed by atoms with Crippen LogP contribution in [0.25, 0.3) is 0 Å². The molecule has 2 aliphatic heterocycles. The molecule has 1 amide bonds. The van der Waals surface area contributed by atoms with Gasteiger partial charge in [-0.25, -0.2) is 0 Å². The number of amides is 1. The third-order valence-electron chi connectivity index (χ3n) is 3.70. The van der Waals surface area contributed by atoms with Crippen LogP contribution in [-0.2, 0) is 19.0 Å². The quantitative estimate of drug-likeness (QED) is 0.758. The van der Waals surface area contributed by atoms with Crippen molar-refractivity contribution in [2.24, 2.45) is 0 Å². The molecule has 0 aromatic rings. The van der Waals surface area contributed by atoms with E-state index in [1.54, 1.807) is 7.11 Å². The molecular formula is C13H23NO4. The Morgan fingerprint density at radius 2 is 2.11 bits per heavy atom. The third kappa shape index (κ3) is 3.22. The standard InChI is InChI=1S/C13H23NO4/c1-10(16-2)9-12(15)14-6-4-3-5-11(14)13-17-7-8-18-13/h10-11,13H,3-9H2,1-2H3. The number of hydrogen-bond donors (Lipinski definition) is 0. The molecule has 0 aliphatic carbocycles. The summed E-state index contributed by atoms with van der Waals surface area (Å²) in [6.07, 6.45) is 3.34. The van der Waals surface area contributed by atoms with Crippen LogP contribution in [0.2, 0.25) is 0 Å². The van der Waals surface area contributed by atoms with Crippen LogP contribution in [0, 0.1) is 0 Å². The SMILES string of the molecule is COC(C)CC(=O)N1CCCCC1C1OCCO1. The van der Waals surface area contributed by atoms with Gasteiger partial charge in [-0.1, -0.05) is 0 Å². The Hall–Kier alpha value is -0.650. The number of ether oxygens (including phenoxy) is 3. The molecule has 18 heavy (non-hydrogen) atoms. The Morgan fingerprint density at radius 3 is 2.78 bits per heavy atom. The van der Waals surface area contributed by atoms with Crippen molar-refractivity contribution >= 4 is 5.91 Å². The molecule has 2 rings (SSSR count). The first-order chi connectivity index (χ1) is 8.72. The minimum absolute atomic E-state index is 0.0366.